The first-order valence-corrected chi connectivity index (χ1v) is 5.43. The highest BCUT2D eigenvalue weighted by Crippen LogP contribution is 2.19. The number of benzene rings is 1. The fraction of sp³-hybridized carbons (Fsp3) is 0.455. The van der Waals surface area contributed by atoms with Crippen molar-refractivity contribution in [2.75, 3.05) is 13.2 Å². The van der Waals surface area contributed by atoms with Gasteiger partial charge in [-0.05, 0) is 11.6 Å². The lowest BCUT2D eigenvalue weighted by atomic mass is 10.1. The maximum atomic E-state index is 13.4. The van der Waals surface area contributed by atoms with Gasteiger partial charge in [-0.3, -0.25) is 0 Å². The van der Waals surface area contributed by atoms with Gasteiger partial charge in [0.1, 0.15) is 12.4 Å². The minimum absolute atomic E-state index is 0.101. The van der Waals surface area contributed by atoms with Gasteiger partial charge < -0.3 is 9.84 Å². The molecule has 2 nitrogen and oxygen atoms in total. The fourth-order valence-corrected chi connectivity index (χ4v) is 1.52. The van der Waals surface area contributed by atoms with Crippen molar-refractivity contribution in [1.29, 1.82) is 0 Å². The van der Waals surface area contributed by atoms with E-state index in [4.69, 9.17) is 11.6 Å². The summed E-state index contributed by atoms with van der Waals surface area (Å²) in [5, 5.41) is 9.31. The van der Waals surface area contributed by atoms with Crippen LogP contribution in [0.3, 0.4) is 0 Å². The Morgan fingerprint density at radius 3 is 2.61 bits per heavy atom. The van der Waals surface area contributed by atoms with Gasteiger partial charge in [0, 0.05) is 6.42 Å². The molecule has 7 heteroatoms. The molecule has 0 radical (unpaired) electrons. The molecule has 0 bridgehead atoms. The highest BCUT2D eigenvalue weighted by Gasteiger charge is 2.27. The molecule has 102 valence electrons. The molecule has 1 rings (SSSR count). The van der Waals surface area contributed by atoms with E-state index >= 15 is 0 Å². The van der Waals surface area contributed by atoms with Crippen LogP contribution in [-0.4, -0.2) is 30.6 Å². The first-order valence-electron chi connectivity index (χ1n) is 5.05. The number of halogens is 5. The number of hydrogen-bond acceptors (Lipinski definition) is 2. The second kappa shape index (κ2) is 6.36. The molecule has 18 heavy (non-hydrogen) atoms. The van der Waals surface area contributed by atoms with E-state index in [1.54, 1.807) is 0 Å². The zero-order valence-electron chi connectivity index (χ0n) is 9.18. The summed E-state index contributed by atoms with van der Waals surface area (Å²) in [5.74, 6) is -0.686. The molecular weight excluding hydrogens is 276 g/mol. The summed E-state index contributed by atoms with van der Waals surface area (Å²) in [6.07, 6.45) is -5.83. The summed E-state index contributed by atoms with van der Waals surface area (Å²) >= 11 is 5.52. The summed E-state index contributed by atoms with van der Waals surface area (Å²) in [4.78, 5) is 0. The third kappa shape index (κ3) is 5.20. The molecule has 0 aliphatic rings. The van der Waals surface area contributed by atoms with Crippen LogP contribution in [0.1, 0.15) is 5.56 Å². The smallest absolute Gasteiger partial charge is 0.390 e. The Labute approximate surface area is 106 Å². The van der Waals surface area contributed by atoms with Crippen molar-refractivity contribution in [1.82, 2.24) is 0 Å². The van der Waals surface area contributed by atoms with E-state index in [1.807, 2.05) is 0 Å². The molecule has 0 saturated heterocycles. The van der Waals surface area contributed by atoms with Crippen molar-refractivity contribution in [3.05, 3.63) is 34.6 Å². The predicted molar refractivity (Wildman–Crippen MR) is 58.0 cm³/mol. The van der Waals surface area contributed by atoms with Crippen molar-refractivity contribution in [3.8, 4) is 0 Å². The zero-order chi connectivity index (χ0) is 13.8. The van der Waals surface area contributed by atoms with Crippen LogP contribution < -0.4 is 0 Å². The van der Waals surface area contributed by atoms with E-state index in [1.165, 1.54) is 18.2 Å². The third-order valence-corrected chi connectivity index (χ3v) is 2.35. The number of rotatable bonds is 5. The quantitative estimate of drug-likeness (QED) is 0.843. The minimum atomic E-state index is -4.44. The van der Waals surface area contributed by atoms with Crippen LogP contribution in [0.25, 0.3) is 0 Å². The van der Waals surface area contributed by atoms with Crippen LogP contribution >= 0.6 is 11.6 Å². The van der Waals surface area contributed by atoms with Crippen LogP contribution in [0.5, 0.6) is 0 Å². The molecule has 1 unspecified atom stereocenters. The highest BCUT2D eigenvalue weighted by atomic mass is 35.5. The van der Waals surface area contributed by atoms with E-state index in [2.05, 4.69) is 4.74 Å². The molecule has 0 spiro atoms. The van der Waals surface area contributed by atoms with Gasteiger partial charge in [-0.1, -0.05) is 23.7 Å². The van der Waals surface area contributed by atoms with Crippen molar-refractivity contribution >= 4 is 11.6 Å². The molecule has 1 aromatic carbocycles. The largest absolute Gasteiger partial charge is 0.411 e. The summed E-state index contributed by atoms with van der Waals surface area (Å²) < 4.78 is 53.0. The lowest BCUT2D eigenvalue weighted by molar-refractivity contribution is -0.179. The zero-order valence-corrected chi connectivity index (χ0v) is 9.93. The first kappa shape index (κ1) is 15.2. The lowest BCUT2D eigenvalue weighted by Crippen LogP contribution is -2.24. The molecule has 0 saturated carbocycles. The van der Waals surface area contributed by atoms with Crippen LogP contribution in [0.2, 0.25) is 5.02 Å². The van der Waals surface area contributed by atoms with Crippen LogP contribution in [0, 0.1) is 5.82 Å². The number of ether oxygens (including phenoxy) is 1. The highest BCUT2D eigenvalue weighted by molar-refractivity contribution is 6.30. The molecule has 1 N–H and O–H groups in total. The molecule has 0 fully saturated rings. The normalized spacial score (nSPS) is 13.7. The molecular formula is C11H11ClF4O2. The maximum absolute atomic E-state index is 13.4. The molecule has 1 aromatic rings. The second-order valence-electron chi connectivity index (χ2n) is 3.70. The molecule has 1 atom stereocenters. The van der Waals surface area contributed by atoms with Gasteiger partial charge in [-0.15, -0.1) is 0 Å². The average Bonchev–Trinajstić information content (AvgIpc) is 2.23. The van der Waals surface area contributed by atoms with Crippen LogP contribution in [0.15, 0.2) is 18.2 Å². The Balaban J connectivity index is 2.45. The topological polar surface area (TPSA) is 29.5 Å². The Hall–Kier alpha value is -0.850. The summed E-state index contributed by atoms with van der Waals surface area (Å²) in [6.45, 7) is -1.96. The van der Waals surface area contributed by atoms with Crippen LogP contribution in [-0.2, 0) is 11.2 Å². The summed E-state index contributed by atoms with van der Waals surface area (Å²) in [7, 11) is 0. The summed E-state index contributed by atoms with van der Waals surface area (Å²) in [5.41, 5.74) is 0.130. The summed E-state index contributed by atoms with van der Waals surface area (Å²) in [6, 6.07) is 4.23. The van der Waals surface area contributed by atoms with Gasteiger partial charge in [0.25, 0.3) is 0 Å². The van der Waals surface area contributed by atoms with E-state index in [0.29, 0.717) is 0 Å². The van der Waals surface area contributed by atoms with Crippen molar-refractivity contribution in [2.45, 2.75) is 18.7 Å². The number of alkyl halides is 3. The van der Waals surface area contributed by atoms with Gasteiger partial charge in [-0.25, -0.2) is 4.39 Å². The molecule has 0 aliphatic carbocycles. The van der Waals surface area contributed by atoms with E-state index < -0.39 is 31.3 Å². The monoisotopic (exact) mass is 286 g/mol. The first-order chi connectivity index (χ1) is 8.29. The van der Waals surface area contributed by atoms with Crippen molar-refractivity contribution < 1.29 is 27.4 Å². The standard InChI is InChI=1S/C11H11ClF4O2/c12-9-3-1-2-7(10(9)13)4-8(17)5-18-6-11(14,15)16/h1-3,8,17H,4-6H2. The van der Waals surface area contributed by atoms with E-state index in [-0.39, 0.29) is 17.0 Å². The van der Waals surface area contributed by atoms with Gasteiger partial charge in [0.15, 0.2) is 0 Å². The number of hydrogen-bond donors (Lipinski definition) is 1. The molecule has 0 amide bonds. The van der Waals surface area contributed by atoms with E-state index in [9.17, 15) is 22.7 Å². The molecule has 0 heterocycles. The van der Waals surface area contributed by atoms with Crippen molar-refractivity contribution in [3.63, 3.8) is 0 Å². The van der Waals surface area contributed by atoms with Gasteiger partial charge in [-0.2, -0.15) is 13.2 Å². The maximum Gasteiger partial charge on any atom is 0.411 e. The third-order valence-electron chi connectivity index (χ3n) is 2.06. The number of aliphatic hydroxyl groups is 1. The Morgan fingerprint density at radius 1 is 1.33 bits per heavy atom. The van der Waals surface area contributed by atoms with E-state index in [0.717, 1.165) is 0 Å². The Kier molecular flexibility index (Phi) is 5.37. The van der Waals surface area contributed by atoms with Crippen LogP contribution in [0.4, 0.5) is 17.6 Å². The SMILES string of the molecule is OC(COCC(F)(F)F)Cc1cccc(Cl)c1F. The lowest BCUT2D eigenvalue weighted by Gasteiger charge is -2.13. The predicted octanol–water partition coefficient (Wildman–Crippen LogP) is 2.96. The molecule has 0 aromatic heterocycles. The average molecular weight is 287 g/mol. The van der Waals surface area contributed by atoms with Gasteiger partial charge in [0.05, 0.1) is 17.7 Å². The molecule has 0 aliphatic heterocycles. The fourth-order valence-electron chi connectivity index (χ4n) is 1.33. The van der Waals surface area contributed by atoms with Gasteiger partial charge >= 0.3 is 6.18 Å². The van der Waals surface area contributed by atoms with Crippen molar-refractivity contribution in [2.24, 2.45) is 0 Å². The second-order valence-corrected chi connectivity index (χ2v) is 4.11. The Morgan fingerprint density at radius 2 is 2.00 bits per heavy atom. The number of aliphatic hydroxyl groups excluding tert-OH is 1. The minimum Gasteiger partial charge on any atom is -0.390 e. The Bertz CT molecular complexity index is 395. The van der Waals surface area contributed by atoms with Gasteiger partial charge in [0.2, 0.25) is 0 Å².